The van der Waals surface area contributed by atoms with E-state index in [4.69, 9.17) is 0 Å². The van der Waals surface area contributed by atoms with Crippen molar-refractivity contribution in [3.8, 4) is 11.4 Å². The molecule has 0 aliphatic rings. The minimum absolute atomic E-state index is 0.272. The highest BCUT2D eigenvalue weighted by molar-refractivity contribution is 6.12. The highest BCUT2D eigenvalue weighted by Gasteiger charge is 2.20. The van der Waals surface area contributed by atoms with E-state index >= 15 is 0 Å². The lowest BCUT2D eigenvalue weighted by molar-refractivity contribution is 0.628. The van der Waals surface area contributed by atoms with Gasteiger partial charge in [-0.3, -0.25) is 0 Å². The Morgan fingerprint density at radius 3 is 1.28 bits per heavy atom. The first-order chi connectivity index (χ1) is 22.7. The van der Waals surface area contributed by atoms with Crippen LogP contribution in [0.1, 0.15) is 0 Å². The Morgan fingerprint density at radius 2 is 0.783 bits per heavy atom. The van der Waals surface area contributed by atoms with E-state index in [0.29, 0.717) is 0 Å². The van der Waals surface area contributed by atoms with E-state index in [2.05, 4.69) is 147 Å². The highest BCUT2D eigenvalue weighted by atomic mass is 19.1. The van der Waals surface area contributed by atoms with Gasteiger partial charge in [-0.25, -0.2) is 4.39 Å². The van der Waals surface area contributed by atoms with E-state index in [1.54, 1.807) is 12.1 Å². The number of aromatic nitrogens is 2. The Balaban J connectivity index is 1.29. The molecule has 0 aliphatic heterocycles. The predicted octanol–water partition coefficient (Wildman–Crippen LogP) is 11.5. The largest absolute Gasteiger partial charge is 0.310 e. The van der Waals surface area contributed by atoms with Gasteiger partial charge in [0, 0.05) is 50.0 Å². The fraction of sp³-hybridized carbons (Fsp3) is 0. The van der Waals surface area contributed by atoms with Crippen LogP contribution >= 0.6 is 0 Å². The van der Waals surface area contributed by atoms with Gasteiger partial charge >= 0.3 is 0 Å². The monoisotopic (exact) mass is 593 g/mol. The molecule has 0 radical (unpaired) electrons. The summed E-state index contributed by atoms with van der Waals surface area (Å²) in [6.07, 6.45) is 0. The lowest BCUT2D eigenvalue weighted by Gasteiger charge is -2.26. The molecule has 0 N–H and O–H groups in total. The number of benzene rings is 7. The standard InChI is InChI=1S/C42H28FN3/c43-29-12-11-17-32(26-29)44(33-22-24-41-37(27-33)35-18-7-9-20-39(35)45(41)30-13-3-1-4-14-30)34-23-25-42-38(28-34)36-19-8-10-21-40(36)46(42)31-15-5-2-6-16-31/h1-28H. The summed E-state index contributed by atoms with van der Waals surface area (Å²) in [5, 5.41) is 4.62. The molecule has 9 aromatic rings. The van der Waals surface area contributed by atoms with Crippen LogP contribution in [0.4, 0.5) is 21.5 Å². The van der Waals surface area contributed by atoms with Crippen LogP contribution < -0.4 is 4.90 Å². The molecule has 0 saturated heterocycles. The van der Waals surface area contributed by atoms with Gasteiger partial charge in [0.1, 0.15) is 5.82 Å². The average Bonchev–Trinajstić information content (AvgIpc) is 3.62. The maximum Gasteiger partial charge on any atom is 0.125 e. The summed E-state index contributed by atoms with van der Waals surface area (Å²) in [6, 6.07) is 57.9. The van der Waals surface area contributed by atoms with E-state index in [-0.39, 0.29) is 5.82 Å². The van der Waals surface area contributed by atoms with E-state index < -0.39 is 0 Å². The summed E-state index contributed by atoms with van der Waals surface area (Å²) in [4.78, 5) is 2.16. The first kappa shape index (κ1) is 26.3. The summed E-state index contributed by atoms with van der Waals surface area (Å²) in [5.74, 6) is -0.272. The van der Waals surface area contributed by atoms with E-state index in [0.717, 1.165) is 61.3 Å². The molecule has 0 atom stereocenters. The molecule has 0 unspecified atom stereocenters. The van der Waals surface area contributed by atoms with Gasteiger partial charge in [-0.1, -0.05) is 78.9 Å². The first-order valence-electron chi connectivity index (χ1n) is 15.5. The summed E-state index contributed by atoms with van der Waals surface area (Å²) >= 11 is 0. The Labute approximate surface area is 265 Å². The van der Waals surface area contributed by atoms with Crippen molar-refractivity contribution in [3.63, 3.8) is 0 Å². The SMILES string of the molecule is Fc1cccc(N(c2ccc3c(c2)c2ccccc2n3-c2ccccc2)c2ccc3c(c2)c2ccccc2n3-c2ccccc2)c1. The quantitative estimate of drug-likeness (QED) is 0.193. The predicted molar refractivity (Wildman–Crippen MR) is 190 cm³/mol. The number of hydrogen-bond acceptors (Lipinski definition) is 1. The zero-order valence-corrected chi connectivity index (χ0v) is 24.9. The Kier molecular flexibility index (Phi) is 6.00. The molecule has 4 heteroatoms. The molecule has 2 heterocycles. The third-order valence-corrected chi connectivity index (χ3v) is 8.92. The third kappa shape index (κ3) is 4.11. The molecule has 3 nitrogen and oxygen atoms in total. The van der Waals surface area contributed by atoms with Crippen LogP contribution in [0.3, 0.4) is 0 Å². The number of rotatable bonds is 5. The minimum Gasteiger partial charge on any atom is -0.310 e. The molecule has 2 aromatic heterocycles. The second-order valence-electron chi connectivity index (χ2n) is 11.6. The fourth-order valence-corrected chi connectivity index (χ4v) is 6.97. The maximum absolute atomic E-state index is 14.8. The van der Waals surface area contributed by atoms with E-state index in [1.165, 1.54) is 16.8 Å². The van der Waals surface area contributed by atoms with Crippen molar-refractivity contribution in [2.24, 2.45) is 0 Å². The van der Waals surface area contributed by atoms with Gasteiger partial charge in [0.25, 0.3) is 0 Å². The molecule has 0 amide bonds. The summed E-state index contributed by atoms with van der Waals surface area (Å²) in [6.45, 7) is 0. The van der Waals surface area contributed by atoms with Crippen LogP contribution in [0, 0.1) is 5.82 Å². The summed E-state index contributed by atoms with van der Waals surface area (Å²) in [7, 11) is 0. The molecule has 0 spiro atoms. The molecule has 0 bridgehead atoms. The van der Waals surface area contributed by atoms with Gasteiger partial charge in [-0.15, -0.1) is 0 Å². The molecular formula is C42H28FN3. The summed E-state index contributed by atoms with van der Waals surface area (Å²) < 4.78 is 19.5. The van der Waals surface area contributed by atoms with Crippen LogP contribution in [0.5, 0.6) is 0 Å². The number of para-hydroxylation sites is 4. The van der Waals surface area contributed by atoms with Crippen LogP contribution in [-0.4, -0.2) is 9.13 Å². The van der Waals surface area contributed by atoms with Crippen LogP contribution in [0.25, 0.3) is 55.0 Å². The van der Waals surface area contributed by atoms with Gasteiger partial charge in [-0.05, 0) is 91.0 Å². The lowest BCUT2D eigenvalue weighted by Crippen LogP contribution is -2.10. The highest BCUT2D eigenvalue weighted by Crippen LogP contribution is 2.42. The molecule has 218 valence electrons. The maximum atomic E-state index is 14.8. The Morgan fingerprint density at radius 1 is 0.348 bits per heavy atom. The van der Waals surface area contributed by atoms with Crippen molar-refractivity contribution in [1.82, 2.24) is 9.13 Å². The second-order valence-corrected chi connectivity index (χ2v) is 11.6. The van der Waals surface area contributed by atoms with Gasteiger partial charge in [0.15, 0.2) is 0 Å². The molecule has 46 heavy (non-hydrogen) atoms. The molecule has 0 aliphatic carbocycles. The van der Waals surface area contributed by atoms with Gasteiger partial charge in [-0.2, -0.15) is 0 Å². The van der Waals surface area contributed by atoms with E-state index in [9.17, 15) is 4.39 Å². The molecule has 0 saturated carbocycles. The van der Waals surface area contributed by atoms with Crippen molar-refractivity contribution >= 4 is 60.7 Å². The third-order valence-electron chi connectivity index (χ3n) is 8.92. The van der Waals surface area contributed by atoms with Crippen LogP contribution in [0.15, 0.2) is 170 Å². The van der Waals surface area contributed by atoms with Crippen LogP contribution in [-0.2, 0) is 0 Å². The number of halogens is 1. The van der Waals surface area contributed by atoms with E-state index in [1.807, 2.05) is 18.2 Å². The average molecular weight is 594 g/mol. The van der Waals surface area contributed by atoms with Gasteiger partial charge in [0.05, 0.1) is 22.1 Å². The lowest BCUT2D eigenvalue weighted by atomic mass is 10.1. The normalized spacial score (nSPS) is 11.6. The smallest absolute Gasteiger partial charge is 0.125 e. The number of nitrogens with zero attached hydrogens (tertiary/aromatic N) is 3. The number of anilines is 3. The van der Waals surface area contributed by atoms with Crippen molar-refractivity contribution in [3.05, 3.63) is 176 Å². The van der Waals surface area contributed by atoms with Crippen molar-refractivity contribution in [2.45, 2.75) is 0 Å². The topological polar surface area (TPSA) is 13.1 Å². The van der Waals surface area contributed by atoms with Crippen molar-refractivity contribution in [1.29, 1.82) is 0 Å². The Bertz CT molecular complexity index is 2390. The minimum atomic E-state index is -0.272. The van der Waals surface area contributed by atoms with Gasteiger partial charge < -0.3 is 14.0 Å². The van der Waals surface area contributed by atoms with Crippen molar-refractivity contribution < 1.29 is 4.39 Å². The molecular weight excluding hydrogens is 565 g/mol. The molecule has 7 aromatic carbocycles. The summed E-state index contributed by atoms with van der Waals surface area (Å²) in [5.41, 5.74) is 9.44. The molecule has 0 fully saturated rings. The number of fused-ring (bicyclic) bond motifs is 6. The van der Waals surface area contributed by atoms with Gasteiger partial charge in [0.2, 0.25) is 0 Å². The zero-order valence-electron chi connectivity index (χ0n) is 24.9. The zero-order chi connectivity index (χ0) is 30.6. The second kappa shape index (κ2) is 10.5. The number of hydrogen-bond donors (Lipinski definition) is 0. The molecule has 9 rings (SSSR count). The van der Waals surface area contributed by atoms with Crippen molar-refractivity contribution in [2.75, 3.05) is 4.90 Å². The fourth-order valence-electron chi connectivity index (χ4n) is 6.97. The first-order valence-corrected chi connectivity index (χ1v) is 15.5. The van der Waals surface area contributed by atoms with Crippen LogP contribution in [0.2, 0.25) is 0 Å². The Hall–Kier alpha value is -6.13.